The van der Waals surface area contributed by atoms with Crippen LogP contribution in [-0.2, 0) is 22.4 Å². The van der Waals surface area contributed by atoms with Crippen molar-refractivity contribution in [3.05, 3.63) is 71.3 Å². The molecule has 2 rings (SSSR count). The van der Waals surface area contributed by atoms with E-state index in [2.05, 4.69) is 5.32 Å². The third-order valence-electron chi connectivity index (χ3n) is 4.52. The number of carbonyl (C=O) groups is 2. The summed E-state index contributed by atoms with van der Waals surface area (Å²) in [6.07, 6.45) is 1.02. The zero-order valence-corrected chi connectivity index (χ0v) is 16.7. The maximum absolute atomic E-state index is 13.0. The van der Waals surface area contributed by atoms with E-state index in [1.807, 2.05) is 75.4 Å². The Kier molecular flexibility index (Phi) is 7.59. The van der Waals surface area contributed by atoms with E-state index < -0.39 is 6.04 Å². The Hall–Kier alpha value is -2.62. The van der Waals surface area contributed by atoms with Crippen LogP contribution in [0.1, 0.15) is 37.5 Å². The average Bonchev–Trinajstić information content (AvgIpc) is 2.62. The van der Waals surface area contributed by atoms with Gasteiger partial charge in [-0.15, -0.1) is 0 Å². The zero-order valence-electron chi connectivity index (χ0n) is 16.7. The topological polar surface area (TPSA) is 49.4 Å². The minimum atomic E-state index is -0.506. The minimum absolute atomic E-state index is 0.0251. The number of hydrogen-bond donors (Lipinski definition) is 1. The van der Waals surface area contributed by atoms with Gasteiger partial charge in [0.15, 0.2) is 0 Å². The number of nitrogens with one attached hydrogen (secondary N) is 1. The molecule has 0 aliphatic heterocycles. The SMILES string of the molecule is Cc1cccc(CC(=O)N(CCc2ccccc2)[C@@H](C)C(=O)NC(C)C)c1. The van der Waals surface area contributed by atoms with Gasteiger partial charge >= 0.3 is 0 Å². The maximum atomic E-state index is 13.0. The van der Waals surface area contributed by atoms with Gasteiger partial charge in [-0.25, -0.2) is 0 Å². The van der Waals surface area contributed by atoms with Crippen molar-refractivity contribution >= 4 is 11.8 Å². The molecule has 0 heterocycles. The van der Waals surface area contributed by atoms with Crippen molar-refractivity contribution in [1.29, 1.82) is 0 Å². The normalized spacial score (nSPS) is 11.9. The Labute approximate surface area is 162 Å². The van der Waals surface area contributed by atoms with Crippen molar-refractivity contribution < 1.29 is 9.59 Å². The van der Waals surface area contributed by atoms with Crippen molar-refractivity contribution in [2.45, 2.75) is 52.6 Å². The Balaban J connectivity index is 2.14. The molecule has 0 spiro atoms. The number of hydrogen-bond acceptors (Lipinski definition) is 2. The van der Waals surface area contributed by atoms with E-state index in [0.29, 0.717) is 13.0 Å². The molecule has 0 radical (unpaired) electrons. The second kappa shape index (κ2) is 9.91. The summed E-state index contributed by atoms with van der Waals surface area (Å²) in [5.74, 6) is -0.140. The number of rotatable bonds is 8. The summed E-state index contributed by atoms with van der Waals surface area (Å²) < 4.78 is 0. The molecule has 2 amide bonds. The van der Waals surface area contributed by atoms with Crippen LogP contribution in [0.25, 0.3) is 0 Å². The van der Waals surface area contributed by atoms with Crippen molar-refractivity contribution in [3.63, 3.8) is 0 Å². The second-order valence-corrected chi connectivity index (χ2v) is 7.33. The number of aryl methyl sites for hydroxylation is 1. The molecule has 144 valence electrons. The lowest BCUT2D eigenvalue weighted by molar-refractivity contribution is -0.139. The summed E-state index contributed by atoms with van der Waals surface area (Å²) in [6, 6.07) is 17.5. The van der Waals surface area contributed by atoms with Gasteiger partial charge in [0.2, 0.25) is 11.8 Å². The summed E-state index contributed by atoms with van der Waals surface area (Å²) in [6.45, 7) is 8.18. The molecule has 27 heavy (non-hydrogen) atoms. The molecule has 4 heteroatoms. The molecule has 0 fully saturated rings. The van der Waals surface area contributed by atoms with Crippen LogP contribution < -0.4 is 5.32 Å². The molecular weight excluding hydrogens is 336 g/mol. The van der Waals surface area contributed by atoms with Crippen LogP contribution in [-0.4, -0.2) is 35.3 Å². The number of nitrogens with zero attached hydrogens (tertiary/aromatic N) is 1. The van der Waals surface area contributed by atoms with E-state index >= 15 is 0 Å². The molecule has 1 N–H and O–H groups in total. The Morgan fingerprint density at radius 1 is 0.963 bits per heavy atom. The molecule has 0 aliphatic carbocycles. The first kappa shape index (κ1) is 20.7. The van der Waals surface area contributed by atoms with Gasteiger partial charge < -0.3 is 10.2 Å². The standard InChI is InChI=1S/C23H30N2O2/c1-17(2)24-23(27)19(4)25(14-13-20-10-6-5-7-11-20)22(26)16-21-12-8-9-18(3)15-21/h5-12,15,17,19H,13-14,16H2,1-4H3,(H,24,27)/t19-/m0/s1. The highest BCUT2D eigenvalue weighted by Crippen LogP contribution is 2.11. The summed E-state index contributed by atoms with van der Waals surface area (Å²) in [7, 11) is 0. The van der Waals surface area contributed by atoms with Crippen LogP contribution in [0.3, 0.4) is 0 Å². The van der Waals surface area contributed by atoms with E-state index in [9.17, 15) is 9.59 Å². The fraction of sp³-hybridized carbons (Fsp3) is 0.391. The van der Waals surface area contributed by atoms with Crippen LogP contribution in [0, 0.1) is 6.92 Å². The lowest BCUT2D eigenvalue weighted by atomic mass is 10.1. The molecule has 0 saturated heterocycles. The van der Waals surface area contributed by atoms with Gasteiger partial charge in [0.25, 0.3) is 0 Å². The molecule has 2 aromatic carbocycles. The van der Waals surface area contributed by atoms with Gasteiger partial charge in [-0.1, -0.05) is 60.2 Å². The molecule has 0 aliphatic rings. The minimum Gasteiger partial charge on any atom is -0.352 e. The number of carbonyl (C=O) groups excluding carboxylic acids is 2. The van der Waals surface area contributed by atoms with Crippen molar-refractivity contribution in [3.8, 4) is 0 Å². The van der Waals surface area contributed by atoms with E-state index in [1.165, 1.54) is 0 Å². The predicted molar refractivity (Wildman–Crippen MR) is 109 cm³/mol. The van der Waals surface area contributed by atoms with E-state index in [0.717, 1.165) is 23.1 Å². The Morgan fingerprint density at radius 2 is 1.63 bits per heavy atom. The van der Waals surface area contributed by atoms with Crippen molar-refractivity contribution in [2.75, 3.05) is 6.54 Å². The lowest BCUT2D eigenvalue weighted by Gasteiger charge is -2.29. The van der Waals surface area contributed by atoms with Gasteiger partial charge in [-0.3, -0.25) is 9.59 Å². The molecule has 0 aromatic heterocycles. The first-order valence-corrected chi connectivity index (χ1v) is 9.56. The van der Waals surface area contributed by atoms with Crippen molar-refractivity contribution in [1.82, 2.24) is 10.2 Å². The van der Waals surface area contributed by atoms with Gasteiger partial charge in [-0.2, -0.15) is 0 Å². The fourth-order valence-electron chi connectivity index (χ4n) is 3.07. The van der Waals surface area contributed by atoms with E-state index in [1.54, 1.807) is 11.8 Å². The van der Waals surface area contributed by atoms with Gasteiger partial charge in [0.1, 0.15) is 6.04 Å². The van der Waals surface area contributed by atoms with Crippen molar-refractivity contribution in [2.24, 2.45) is 0 Å². The van der Waals surface area contributed by atoms with Crippen LogP contribution in [0.15, 0.2) is 54.6 Å². The summed E-state index contributed by atoms with van der Waals surface area (Å²) >= 11 is 0. The number of benzene rings is 2. The van der Waals surface area contributed by atoms with Gasteiger partial charge in [0, 0.05) is 12.6 Å². The first-order chi connectivity index (χ1) is 12.9. The largest absolute Gasteiger partial charge is 0.352 e. The molecule has 0 bridgehead atoms. The molecule has 2 aromatic rings. The highest BCUT2D eigenvalue weighted by Gasteiger charge is 2.26. The third kappa shape index (κ3) is 6.55. The molecule has 0 saturated carbocycles. The Morgan fingerprint density at radius 3 is 2.26 bits per heavy atom. The molecule has 4 nitrogen and oxygen atoms in total. The molecular formula is C23H30N2O2. The maximum Gasteiger partial charge on any atom is 0.242 e. The quantitative estimate of drug-likeness (QED) is 0.777. The monoisotopic (exact) mass is 366 g/mol. The van der Waals surface area contributed by atoms with Crippen LogP contribution in [0.5, 0.6) is 0 Å². The average molecular weight is 367 g/mol. The predicted octanol–water partition coefficient (Wildman–Crippen LogP) is 3.52. The number of amides is 2. The zero-order chi connectivity index (χ0) is 19.8. The smallest absolute Gasteiger partial charge is 0.242 e. The van der Waals surface area contributed by atoms with Gasteiger partial charge in [-0.05, 0) is 45.2 Å². The first-order valence-electron chi connectivity index (χ1n) is 9.56. The summed E-state index contributed by atoms with van der Waals surface area (Å²) in [5.41, 5.74) is 3.25. The fourth-order valence-corrected chi connectivity index (χ4v) is 3.07. The van der Waals surface area contributed by atoms with Crippen LogP contribution in [0.4, 0.5) is 0 Å². The molecule has 0 unspecified atom stereocenters. The van der Waals surface area contributed by atoms with E-state index in [4.69, 9.17) is 0 Å². The third-order valence-corrected chi connectivity index (χ3v) is 4.52. The highest BCUT2D eigenvalue weighted by molar-refractivity contribution is 5.88. The van der Waals surface area contributed by atoms with E-state index in [-0.39, 0.29) is 17.9 Å². The Bertz CT molecular complexity index is 756. The second-order valence-electron chi connectivity index (χ2n) is 7.33. The lowest BCUT2D eigenvalue weighted by Crippen LogP contribution is -2.50. The summed E-state index contributed by atoms with van der Waals surface area (Å²) in [5, 5.41) is 2.92. The highest BCUT2D eigenvalue weighted by atomic mass is 16.2. The molecule has 1 atom stereocenters. The van der Waals surface area contributed by atoms with Crippen LogP contribution in [0.2, 0.25) is 0 Å². The van der Waals surface area contributed by atoms with Gasteiger partial charge in [0.05, 0.1) is 6.42 Å². The van der Waals surface area contributed by atoms with Crippen LogP contribution >= 0.6 is 0 Å². The summed E-state index contributed by atoms with van der Waals surface area (Å²) in [4.78, 5) is 27.2.